The summed E-state index contributed by atoms with van der Waals surface area (Å²) < 4.78 is 37.4. The number of hydrogen-bond acceptors (Lipinski definition) is 3. The zero-order valence-electron chi connectivity index (χ0n) is 33.6. The summed E-state index contributed by atoms with van der Waals surface area (Å²) in [6.45, 7) is 0. The lowest BCUT2D eigenvalue weighted by atomic mass is 9.98. The second-order valence-electron chi connectivity index (χ2n) is 13.4. The Kier molecular flexibility index (Phi) is 7.08. The first-order valence-electron chi connectivity index (χ1n) is 20.2. The molecule has 258 valence electrons. The number of nitrogens with zero attached hydrogens (tertiary/aromatic N) is 4. The predicted molar refractivity (Wildman–Crippen MR) is 227 cm³/mol. The minimum absolute atomic E-state index is 0.0606. The summed E-state index contributed by atoms with van der Waals surface area (Å²) in [5.74, 6) is 1.73. The number of para-hydroxylation sites is 1. The van der Waals surface area contributed by atoms with Gasteiger partial charge in [-0.05, 0) is 69.8 Å². The lowest BCUT2D eigenvalue weighted by molar-refractivity contribution is 1.07. The summed E-state index contributed by atoms with van der Waals surface area (Å²) in [5.41, 5.74) is 10.7. The number of hydrogen-bond donors (Lipinski definition) is 0. The normalized spacial score (nSPS) is 12.3. The van der Waals surface area contributed by atoms with Gasteiger partial charge in [0.2, 0.25) is 0 Å². The van der Waals surface area contributed by atoms with Crippen LogP contribution >= 0.6 is 0 Å². The van der Waals surface area contributed by atoms with Crippen molar-refractivity contribution in [2.75, 3.05) is 0 Å². The second-order valence-corrected chi connectivity index (χ2v) is 13.4. The van der Waals surface area contributed by atoms with Gasteiger partial charge in [0.05, 0.1) is 16.5 Å². The summed E-state index contributed by atoms with van der Waals surface area (Å²) in [6, 6.07) is 60.2. The Morgan fingerprint density at radius 2 is 0.782 bits per heavy atom. The molecule has 2 heterocycles. The Bertz CT molecular complexity index is 3140. The van der Waals surface area contributed by atoms with Gasteiger partial charge in [0.15, 0.2) is 17.5 Å². The average molecular weight is 707 g/mol. The van der Waals surface area contributed by atoms with Crippen molar-refractivity contribution in [1.29, 1.82) is 0 Å². The topological polar surface area (TPSA) is 43.6 Å². The molecule has 0 atom stereocenters. The van der Waals surface area contributed by atoms with E-state index >= 15 is 0 Å². The van der Waals surface area contributed by atoms with Crippen LogP contribution in [-0.4, -0.2) is 19.5 Å². The highest BCUT2D eigenvalue weighted by molar-refractivity contribution is 6.10. The van der Waals surface area contributed by atoms with Crippen molar-refractivity contribution in [2.45, 2.75) is 0 Å². The van der Waals surface area contributed by atoms with Gasteiger partial charge < -0.3 is 4.57 Å². The van der Waals surface area contributed by atoms with Crippen LogP contribution in [0.25, 0.3) is 95.0 Å². The van der Waals surface area contributed by atoms with Gasteiger partial charge in [0.25, 0.3) is 0 Å². The quantitative estimate of drug-likeness (QED) is 0.166. The molecule has 0 saturated carbocycles. The van der Waals surface area contributed by atoms with E-state index in [0.29, 0.717) is 28.4 Å². The van der Waals surface area contributed by atoms with Crippen molar-refractivity contribution in [2.24, 2.45) is 0 Å². The van der Waals surface area contributed by atoms with E-state index in [1.807, 2.05) is 126 Å². The zero-order valence-corrected chi connectivity index (χ0v) is 29.6. The largest absolute Gasteiger partial charge is 0.309 e. The first-order chi connectivity index (χ1) is 28.9. The lowest BCUT2D eigenvalue weighted by Gasteiger charge is -2.12. The van der Waals surface area contributed by atoms with Gasteiger partial charge in [-0.1, -0.05) is 170 Å². The van der Waals surface area contributed by atoms with Gasteiger partial charge in [-0.25, -0.2) is 15.0 Å². The third kappa shape index (κ3) is 6.16. The van der Waals surface area contributed by atoms with Crippen LogP contribution in [0.4, 0.5) is 0 Å². The molecule has 10 aromatic rings. The van der Waals surface area contributed by atoms with E-state index in [9.17, 15) is 0 Å². The Balaban J connectivity index is 1.12. The maximum Gasteiger partial charge on any atom is 0.164 e. The molecule has 8 aromatic carbocycles. The van der Waals surface area contributed by atoms with E-state index in [-0.39, 0.29) is 24.2 Å². The Morgan fingerprint density at radius 1 is 0.327 bits per heavy atom. The number of fused-ring (bicyclic) bond motifs is 3. The Hall–Kier alpha value is -7.43. The summed E-state index contributed by atoms with van der Waals surface area (Å²) >= 11 is 0. The fourth-order valence-electron chi connectivity index (χ4n) is 7.27. The number of aromatic nitrogens is 4. The van der Waals surface area contributed by atoms with Crippen LogP contribution in [0.15, 0.2) is 206 Å². The van der Waals surface area contributed by atoms with Crippen molar-refractivity contribution < 1.29 is 5.48 Å². The standard InChI is InChI=1S/C51H34N4/c1-4-15-35(16-5-1)38-21-12-22-39(31-38)42-29-30-46-45-27-10-11-28-47(45)55(48(46)34-42)44-26-14-24-41(33-44)40-23-13-25-43(32-40)51-53-49(36-17-6-2-7-18-36)52-50(54-51)37-19-8-3-9-20-37/h1-34H/i10D,11D,27D,28D. The molecule has 0 N–H and O–H groups in total. The van der Waals surface area contributed by atoms with E-state index in [1.54, 1.807) is 0 Å². The molecular formula is C51H34N4. The van der Waals surface area contributed by atoms with Gasteiger partial charge in [-0.3, -0.25) is 0 Å². The van der Waals surface area contributed by atoms with Crippen LogP contribution in [0.5, 0.6) is 0 Å². The Morgan fingerprint density at radius 3 is 1.42 bits per heavy atom. The molecule has 0 saturated heterocycles. The maximum absolute atomic E-state index is 9.16. The van der Waals surface area contributed by atoms with E-state index in [0.717, 1.165) is 66.7 Å². The molecule has 2 aromatic heterocycles. The first-order valence-corrected chi connectivity index (χ1v) is 18.2. The smallest absolute Gasteiger partial charge is 0.164 e. The molecule has 55 heavy (non-hydrogen) atoms. The Labute approximate surface area is 325 Å². The van der Waals surface area contributed by atoms with Gasteiger partial charge >= 0.3 is 0 Å². The summed E-state index contributed by atoms with van der Waals surface area (Å²) in [5, 5.41) is 1.24. The van der Waals surface area contributed by atoms with Crippen LogP contribution in [0.1, 0.15) is 5.48 Å². The molecule has 4 nitrogen and oxygen atoms in total. The first kappa shape index (κ1) is 28.1. The van der Waals surface area contributed by atoms with Crippen LogP contribution in [0.3, 0.4) is 0 Å². The monoisotopic (exact) mass is 706 g/mol. The van der Waals surface area contributed by atoms with Gasteiger partial charge in [-0.15, -0.1) is 0 Å². The van der Waals surface area contributed by atoms with Crippen molar-refractivity contribution >= 4 is 21.8 Å². The summed E-state index contributed by atoms with van der Waals surface area (Å²) in [7, 11) is 0. The average Bonchev–Trinajstić information content (AvgIpc) is 3.66. The highest BCUT2D eigenvalue weighted by atomic mass is 15.0. The fraction of sp³-hybridized carbons (Fsp3) is 0. The fourth-order valence-corrected chi connectivity index (χ4v) is 7.27. The third-order valence-corrected chi connectivity index (χ3v) is 9.96. The molecule has 0 amide bonds. The lowest BCUT2D eigenvalue weighted by Crippen LogP contribution is -2.00. The highest BCUT2D eigenvalue weighted by Crippen LogP contribution is 2.37. The molecule has 10 rings (SSSR count). The van der Waals surface area contributed by atoms with Gasteiger partial charge in [0, 0.05) is 33.2 Å². The molecule has 4 heteroatoms. The molecule has 0 aliphatic rings. The molecule has 0 spiro atoms. The minimum Gasteiger partial charge on any atom is -0.309 e. The van der Waals surface area contributed by atoms with E-state index in [2.05, 4.69) is 60.7 Å². The van der Waals surface area contributed by atoms with Crippen LogP contribution in [0, 0.1) is 0 Å². The van der Waals surface area contributed by atoms with Crippen molar-refractivity contribution in [3.8, 4) is 73.2 Å². The molecule has 0 unspecified atom stereocenters. The minimum atomic E-state index is -0.270. The van der Waals surface area contributed by atoms with E-state index < -0.39 is 0 Å². The van der Waals surface area contributed by atoms with Gasteiger partial charge in [-0.2, -0.15) is 0 Å². The highest BCUT2D eigenvalue weighted by Gasteiger charge is 2.16. The predicted octanol–water partition coefficient (Wildman–Crippen LogP) is 13.0. The van der Waals surface area contributed by atoms with E-state index in [1.165, 1.54) is 0 Å². The molecule has 0 bridgehead atoms. The molecule has 0 aliphatic heterocycles. The van der Waals surface area contributed by atoms with Crippen molar-refractivity contribution in [3.63, 3.8) is 0 Å². The summed E-state index contributed by atoms with van der Waals surface area (Å²) in [4.78, 5) is 14.8. The SMILES string of the molecule is [2H]c1c([2H])c([2H])c2c(c1[2H])c1ccc(-c3cccc(-c4ccccc4)c3)cc1n2-c1cccc(-c2cccc(-c3nc(-c4ccccc4)nc(-c4ccccc4)n3)c2)c1. The molecule has 0 fully saturated rings. The zero-order chi connectivity index (χ0) is 40.0. The van der Waals surface area contributed by atoms with E-state index in [4.69, 9.17) is 20.4 Å². The van der Waals surface area contributed by atoms with Crippen LogP contribution < -0.4 is 0 Å². The molecule has 0 radical (unpaired) electrons. The molecular weight excluding hydrogens is 669 g/mol. The number of rotatable bonds is 7. The maximum atomic E-state index is 9.16. The second kappa shape index (κ2) is 13.8. The molecule has 0 aliphatic carbocycles. The van der Waals surface area contributed by atoms with Crippen molar-refractivity contribution in [3.05, 3.63) is 206 Å². The summed E-state index contributed by atoms with van der Waals surface area (Å²) in [6.07, 6.45) is 0. The number of benzene rings is 8. The van der Waals surface area contributed by atoms with Crippen LogP contribution in [-0.2, 0) is 0 Å². The van der Waals surface area contributed by atoms with Crippen molar-refractivity contribution in [1.82, 2.24) is 19.5 Å². The van der Waals surface area contributed by atoms with Crippen LogP contribution in [0.2, 0.25) is 0 Å². The van der Waals surface area contributed by atoms with Gasteiger partial charge in [0.1, 0.15) is 0 Å². The third-order valence-electron chi connectivity index (χ3n) is 9.96.